The summed E-state index contributed by atoms with van der Waals surface area (Å²) in [6, 6.07) is 32.0. The van der Waals surface area contributed by atoms with Crippen molar-refractivity contribution >= 4 is 37.0 Å². The van der Waals surface area contributed by atoms with E-state index >= 15 is 0 Å². The second-order valence-electron chi connectivity index (χ2n) is 7.59. The van der Waals surface area contributed by atoms with Gasteiger partial charge in [-0.05, 0) is 13.8 Å². The Morgan fingerprint density at radius 1 is 0.548 bits per heavy atom. The van der Waals surface area contributed by atoms with E-state index in [4.69, 9.17) is 0 Å². The standard InChI is InChI=1S/2C11H11.C6H7Si.CH3.Zr/c2*1-8-6-7-9(2)11-5-3-4-10(8)11;7-6-4-2-1-3-5-6;;/h2*3-7H,1-2H3;1-5H,7H2;1H3;/q2*-1;;-1;+3. The van der Waals surface area contributed by atoms with Crippen molar-refractivity contribution in [2.24, 2.45) is 0 Å². The van der Waals surface area contributed by atoms with Crippen LogP contribution in [0.5, 0.6) is 0 Å². The zero-order valence-corrected chi connectivity index (χ0v) is 23.2. The van der Waals surface area contributed by atoms with Crippen LogP contribution in [0.4, 0.5) is 0 Å². The second kappa shape index (κ2) is 12.7. The Kier molecular flexibility index (Phi) is 11.1. The third-order valence-corrected chi connectivity index (χ3v) is 5.81. The summed E-state index contributed by atoms with van der Waals surface area (Å²) < 4.78 is 0. The largest absolute Gasteiger partial charge is 3.00 e. The van der Waals surface area contributed by atoms with Crippen LogP contribution < -0.4 is 5.19 Å². The molecule has 0 aliphatic carbocycles. The van der Waals surface area contributed by atoms with Crippen LogP contribution >= 0.6 is 0 Å². The van der Waals surface area contributed by atoms with Gasteiger partial charge >= 0.3 is 26.2 Å². The zero-order valence-electron chi connectivity index (χ0n) is 19.4. The smallest absolute Gasteiger partial charge is 0.358 e. The minimum atomic E-state index is 0. The third kappa shape index (κ3) is 6.99. The predicted molar refractivity (Wildman–Crippen MR) is 139 cm³/mol. The van der Waals surface area contributed by atoms with E-state index in [0.29, 0.717) is 0 Å². The van der Waals surface area contributed by atoms with Gasteiger partial charge in [0, 0.05) is 10.2 Å². The fourth-order valence-electron chi connectivity index (χ4n) is 3.55. The molecule has 0 aromatic heterocycles. The molecule has 0 saturated carbocycles. The SMILES string of the molecule is Cc1ccc(C)c2[cH-]ccc12.Cc1ccc(C)c2[cH-]ccc12.[CH3-].[SiH2]c1ccccc1.[Zr+3]. The second-order valence-corrected chi connectivity index (χ2v) is 8.41. The number of rotatable bonds is 0. The number of benzene rings is 3. The van der Waals surface area contributed by atoms with E-state index in [9.17, 15) is 0 Å². The molecule has 2 radical (unpaired) electrons. The summed E-state index contributed by atoms with van der Waals surface area (Å²) in [7, 11) is 1.90. The van der Waals surface area contributed by atoms with Crippen LogP contribution in [0.1, 0.15) is 22.3 Å². The van der Waals surface area contributed by atoms with Crippen molar-refractivity contribution in [1.29, 1.82) is 0 Å². The Morgan fingerprint density at radius 3 is 1.26 bits per heavy atom. The molecule has 31 heavy (non-hydrogen) atoms. The van der Waals surface area contributed by atoms with Gasteiger partial charge in [0.1, 0.15) is 0 Å². The molecule has 0 spiro atoms. The summed E-state index contributed by atoms with van der Waals surface area (Å²) in [6.07, 6.45) is 0. The summed E-state index contributed by atoms with van der Waals surface area (Å²) in [5.74, 6) is 0. The van der Waals surface area contributed by atoms with Crippen molar-refractivity contribution in [3.05, 3.63) is 121 Å². The van der Waals surface area contributed by atoms with Gasteiger partial charge in [0.2, 0.25) is 0 Å². The first-order chi connectivity index (χ1) is 14.0. The summed E-state index contributed by atoms with van der Waals surface area (Å²) in [5, 5.41) is 6.92. The van der Waals surface area contributed by atoms with Gasteiger partial charge < -0.3 is 7.43 Å². The predicted octanol–water partition coefficient (Wildman–Crippen LogP) is 6.74. The van der Waals surface area contributed by atoms with E-state index in [-0.39, 0.29) is 33.6 Å². The van der Waals surface area contributed by atoms with Crippen LogP contribution in [0.25, 0.3) is 21.5 Å². The molecule has 0 amide bonds. The molecule has 5 rings (SSSR count). The summed E-state index contributed by atoms with van der Waals surface area (Å²) >= 11 is 0. The van der Waals surface area contributed by atoms with Crippen LogP contribution in [-0.4, -0.2) is 10.2 Å². The van der Waals surface area contributed by atoms with E-state index in [2.05, 4.69) is 100 Å². The van der Waals surface area contributed by atoms with E-state index in [0.717, 1.165) is 0 Å². The Morgan fingerprint density at radius 2 is 0.935 bits per heavy atom. The minimum absolute atomic E-state index is 0. The van der Waals surface area contributed by atoms with Crippen LogP contribution in [-0.2, 0) is 26.2 Å². The number of fused-ring (bicyclic) bond motifs is 2. The van der Waals surface area contributed by atoms with Gasteiger partial charge in [-0.2, -0.15) is 24.3 Å². The molecule has 0 fully saturated rings. The van der Waals surface area contributed by atoms with Crippen molar-refractivity contribution < 1.29 is 26.2 Å². The first kappa shape index (κ1) is 27.0. The molecule has 0 saturated heterocycles. The van der Waals surface area contributed by atoms with Crippen LogP contribution in [0.2, 0.25) is 0 Å². The molecule has 0 bridgehead atoms. The monoisotopic (exact) mass is 498 g/mol. The molecule has 5 aromatic rings. The summed E-state index contributed by atoms with van der Waals surface area (Å²) in [6.45, 7) is 8.62. The van der Waals surface area contributed by atoms with Gasteiger partial charge in [0.15, 0.2) is 0 Å². The van der Waals surface area contributed by atoms with Crippen LogP contribution in [0.15, 0.2) is 91.0 Å². The van der Waals surface area contributed by atoms with Gasteiger partial charge in [0.25, 0.3) is 0 Å². The van der Waals surface area contributed by atoms with Crippen molar-refractivity contribution in [3.8, 4) is 0 Å². The maximum Gasteiger partial charge on any atom is 3.00 e. The summed E-state index contributed by atoms with van der Waals surface area (Å²) in [5.41, 5.74) is 5.48. The van der Waals surface area contributed by atoms with E-state index in [1.807, 2.05) is 28.4 Å². The number of aryl methyl sites for hydroxylation is 4. The van der Waals surface area contributed by atoms with Crippen molar-refractivity contribution in [1.82, 2.24) is 0 Å². The molecule has 0 aliphatic rings. The molecular weight excluding hydrogens is 468 g/mol. The van der Waals surface area contributed by atoms with Gasteiger partial charge in [-0.1, -0.05) is 72.6 Å². The first-order valence-electron chi connectivity index (χ1n) is 10.1. The Balaban J connectivity index is 0.000000231. The van der Waals surface area contributed by atoms with Crippen LogP contribution in [0.3, 0.4) is 0 Å². The fraction of sp³-hybridized carbons (Fsp3) is 0.138. The zero-order chi connectivity index (χ0) is 20.8. The molecule has 156 valence electrons. The van der Waals surface area contributed by atoms with Crippen molar-refractivity contribution in [2.75, 3.05) is 0 Å². The molecule has 0 unspecified atom stereocenters. The van der Waals surface area contributed by atoms with E-state index < -0.39 is 0 Å². The average molecular weight is 500 g/mol. The molecule has 0 nitrogen and oxygen atoms in total. The van der Waals surface area contributed by atoms with E-state index in [1.165, 1.54) is 49.0 Å². The van der Waals surface area contributed by atoms with Gasteiger partial charge in [-0.15, -0.1) is 56.9 Å². The molecular formula is C29H32SiZr. The van der Waals surface area contributed by atoms with E-state index in [1.54, 1.807) is 0 Å². The third-order valence-electron chi connectivity index (χ3n) is 5.34. The average Bonchev–Trinajstić information content (AvgIpc) is 3.40. The van der Waals surface area contributed by atoms with Gasteiger partial charge in [0.05, 0.1) is 0 Å². The Bertz CT molecular complexity index is 1050. The molecule has 0 heterocycles. The Hall–Kier alpha value is -2.02. The van der Waals surface area contributed by atoms with Gasteiger partial charge in [-0.3, -0.25) is 0 Å². The topological polar surface area (TPSA) is 0 Å². The van der Waals surface area contributed by atoms with Crippen molar-refractivity contribution in [2.45, 2.75) is 27.7 Å². The molecule has 0 aliphatic heterocycles. The molecule has 5 aromatic carbocycles. The Labute approximate surface area is 210 Å². The maximum atomic E-state index is 2.18. The molecule has 0 N–H and O–H groups in total. The molecule has 2 heteroatoms. The number of hydrogen-bond donors (Lipinski definition) is 0. The summed E-state index contributed by atoms with van der Waals surface area (Å²) in [4.78, 5) is 0. The normalized spacial score (nSPS) is 9.58. The quantitative estimate of drug-likeness (QED) is 0.163. The molecule has 0 atom stereocenters. The van der Waals surface area contributed by atoms with Crippen LogP contribution in [0, 0.1) is 35.1 Å². The minimum Gasteiger partial charge on any atom is -0.358 e. The maximum absolute atomic E-state index is 2.18. The first-order valence-corrected chi connectivity index (χ1v) is 10.8. The fourth-order valence-corrected chi connectivity index (χ4v) is 3.82. The van der Waals surface area contributed by atoms with Crippen molar-refractivity contribution in [3.63, 3.8) is 0 Å². The number of hydrogen-bond acceptors (Lipinski definition) is 0. The van der Waals surface area contributed by atoms with Gasteiger partial charge in [-0.25, -0.2) is 0 Å².